The topological polar surface area (TPSA) is 15.7 Å². The van der Waals surface area contributed by atoms with Gasteiger partial charge < -0.3 is 14.5 Å². The Hall–Kier alpha value is -1.29. The molecule has 4 heteroatoms. The molecule has 3 nitrogen and oxygen atoms in total. The van der Waals surface area contributed by atoms with E-state index >= 15 is 0 Å². The lowest BCUT2D eigenvalue weighted by atomic mass is 10.2. The monoisotopic (exact) mass is 224 g/mol. The molecule has 1 aromatic rings. The van der Waals surface area contributed by atoms with Crippen LogP contribution in [0.2, 0.25) is 0 Å². The fourth-order valence-corrected chi connectivity index (χ4v) is 1.83. The fraction of sp³-hybridized carbons (Fsp3) is 0.500. The first kappa shape index (κ1) is 11.2. The molecule has 1 aliphatic rings. The van der Waals surface area contributed by atoms with Crippen LogP contribution in [0.4, 0.5) is 15.8 Å². The van der Waals surface area contributed by atoms with Crippen LogP contribution in [0.25, 0.3) is 0 Å². The minimum atomic E-state index is -0.159. The average molecular weight is 224 g/mol. The SMILES string of the molecule is CN(C)c1ccc(N2CCOCC2)c(F)c1. The van der Waals surface area contributed by atoms with Gasteiger partial charge in [0.1, 0.15) is 5.82 Å². The summed E-state index contributed by atoms with van der Waals surface area (Å²) in [6.07, 6.45) is 0. The number of halogens is 1. The molecule has 0 saturated carbocycles. The summed E-state index contributed by atoms with van der Waals surface area (Å²) in [6.45, 7) is 2.88. The van der Waals surface area contributed by atoms with E-state index < -0.39 is 0 Å². The van der Waals surface area contributed by atoms with Gasteiger partial charge in [-0.1, -0.05) is 0 Å². The highest BCUT2D eigenvalue weighted by atomic mass is 19.1. The van der Waals surface area contributed by atoms with Gasteiger partial charge in [-0.3, -0.25) is 0 Å². The molecule has 1 saturated heterocycles. The van der Waals surface area contributed by atoms with E-state index in [-0.39, 0.29) is 5.82 Å². The molecule has 0 N–H and O–H groups in total. The van der Waals surface area contributed by atoms with Crippen LogP contribution in [0.15, 0.2) is 18.2 Å². The maximum absolute atomic E-state index is 13.9. The largest absolute Gasteiger partial charge is 0.378 e. The molecular formula is C12H17FN2O. The van der Waals surface area contributed by atoms with Gasteiger partial charge >= 0.3 is 0 Å². The van der Waals surface area contributed by atoms with Crippen LogP contribution < -0.4 is 9.80 Å². The van der Waals surface area contributed by atoms with E-state index in [0.29, 0.717) is 18.9 Å². The van der Waals surface area contributed by atoms with Crippen LogP contribution in [-0.2, 0) is 4.74 Å². The Balaban J connectivity index is 2.21. The van der Waals surface area contributed by atoms with Crippen molar-refractivity contribution in [3.8, 4) is 0 Å². The molecule has 1 heterocycles. The number of morpholine rings is 1. The van der Waals surface area contributed by atoms with Gasteiger partial charge in [-0.05, 0) is 18.2 Å². The number of ether oxygens (including phenoxy) is 1. The maximum atomic E-state index is 13.9. The first-order valence-corrected chi connectivity index (χ1v) is 5.48. The van der Waals surface area contributed by atoms with Gasteiger partial charge in [-0.2, -0.15) is 0 Å². The van der Waals surface area contributed by atoms with Gasteiger partial charge in [-0.25, -0.2) is 4.39 Å². The third-order valence-corrected chi connectivity index (χ3v) is 2.80. The lowest BCUT2D eigenvalue weighted by Crippen LogP contribution is -2.36. The highest BCUT2D eigenvalue weighted by Crippen LogP contribution is 2.24. The summed E-state index contributed by atoms with van der Waals surface area (Å²) < 4.78 is 19.1. The average Bonchev–Trinajstić information content (AvgIpc) is 2.30. The Morgan fingerprint density at radius 2 is 1.94 bits per heavy atom. The zero-order valence-corrected chi connectivity index (χ0v) is 9.74. The third-order valence-electron chi connectivity index (χ3n) is 2.80. The van der Waals surface area contributed by atoms with Crippen LogP contribution in [0, 0.1) is 5.82 Å². The zero-order valence-electron chi connectivity index (χ0n) is 9.74. The van der Waals surface area contributed by atoms with E-state index in [1.807, 2.05) is 36.0 Å². The van der Waals surface area contributed by atoms with E-state index in [0.717, 1.165) is 18.8 Å². The molecule has 2 rings (SSSR count). The van der Waals surface area contributed by atoms with Crippen molar-refractivity contribution in [2.75, 3.05) is 50.2 Å². The Morgan fingerprint density at radius 1 is 1.25 bits per heavy atom. The van der Waals surface area contributed by atoms with Gasteiger partial charge in [0.05, 0.1) is 18.9 Å². The van der Waals surface area contributed by atoms with E-state index in [9.17, 15) is 4.39 Å². The number of benzene rings is 1. The van der Waals surface area contributed by atoms with Crippen molar-refractivity contribution in [2.45, 2.75) is 0 Å². The summed E-state index contributed by atoms with van der Waals surface area (Å²) in [4.78, 5) is 3.92. The second kappa shape index (κ2) is 4.70. The van der Waals surface area contributed by atoms with Crippen LogP contribution >= 0.6 is 0 Å². The Morgan fingerprint density at radius 3 is 2.50 bits per heavy atom. The van der Waals surface area contributed by atoms with Crippen LogP contribution in [0.3, 0.4) is 0 Å². The first-order chi connectivity index (χ1) is 7.68. The summed E-state index contributed by atoms with van der Waals surface area (Å²) in [7, 11) is 3.81. The van der Waals surface area contributed by atoms with E-state index in [1.54, 1.807) is 6.07 Å². The molecule has 1 aromatic carbocycles. The van der Waals surface area contributed by atoms with Crippen molar-refractivity contribution in [1.29, 1.82) is 0 Å². The summed E-state index contributed by atoms with van der Waals surface area (Å²) in [5.74, 6) is -0.159. The predicted molar refractivity (Wildman–Crippen MR) is 63.8 cm³/mol. The quantitative estimate of drug-likeness (QED) is 0.761. The van der Waals surface area contributed by atoms with Crippen molar-refractivity contribution in [2.24, 2.45) is 0 Å². The number of hydrogen-bond acceptors (Lipinski definition) is 3. The van der Waals surface area contributed by atoms with Crippen molar-refractivity contribution in [1.82, 2.24) is 0 Å². The number of nitrogens with zero attached hydrogens (tertiary/aromatic N) is 2. The van der Waals surface area contributed by atoms with E-state index in [1.165, 1.54) is 0 Å². The minimum Gasteiger partial charge on any atom is -0.378 e. The molecule has 1 fully saturated rings. The molecule has 0 unspecified atom stereocenters. The molecule has 0 bridgehead atoms. The van der Waals surface area contributed by atoms with Gasteiger partial charge in [0.15, 0.2) is 0 Å². The van der Waals surface area contributed by atoms with Gasteiger partial charge in [-0.15, -0.1) is 0 Å². The number of anilines is 2. The molecule has 0 amide bonds. The Bertz CT molecular complexity index is 362. The maximum Gasteiger partial charge on any atom is 0.148 e. The summed E-state index contributed by atoms with van der Waals surface area (Å²) in [5.41, 5.74) is 1.56. The highest BCUT2D eigenvalue weighted by molar-refractivity contribution is 5.57. The lowest BCUT2D eigenvalue weighted by molar-refractivity contribution is 0.122. The number of hydrogen-bond donors (Lipinski definition) is 0. The van der Waals surface area contributed by atoms with Crippen molar-refractivity contribution in [3.05, 3.63) is 24.0 Å². The second-order valence-electron chi connectivity index (χ2n) is 4.13. The molecule has 0 aromatic heterocycles. The predicted octanol–water partition coefficient (Wildman–Crippen LogP) is 1.73. The molecule has 1 aliphatic heterocycles. The van der Waals surface area contributed by atoms with E-state index in [2.05, 4.69) is 0 Å². The zero-order chi connectivity index (χ0) is 11.5. The highest BCUT2D eigenvalue weighted by Gasteiger charge is 2.15. The number of rotatable bonds is 2. The van der Waals surface area contributed by atoms with Crippen molar-refractivity contribution < 1.29 is 9.13 Å². The lowest BCUT2D eigenvalue weighted by Gasteiger charge is -2.29. The smallest absolute Gasteiger partial charge is 0.148 e. The first-order valence-electron chi connectivity index (χ1n) is 5.48. The summed E-state index contributed by atoms with van der Waals surface area (Å²) >= 11 is 0. The van der Waals surface area contributed by atoms with Gasteiger partial charge in [0.2, 0.25) is 0 Å². The van der Waals surface area contributed by atoms with Crippen LogP contribution in [0.1, 0.15) is 0 Å². The van der Waals surface area contributed by atoms with Gasteiger partial charge in [0.25, 0.3) is 0 Å². The minimum absolute atomic E-state index is 0.159. The van der Waals surface area contributed by atoms with Crippen LogP contribution in [-0.4, -0.2) is 40.4 Å². The van der Waals surface area contributed by atoms with Crippen LogP contribution in [0.5, 0.6) is 0 Å². The summed E-state index contributed by atoms with van der Waals surface area (Å²) in [5, 5.41) is 0. The van der Waals surface area contributed by atoms with Gasteiger partial charge in [0, 0.05) is 32.9 Å². The Kier molecular flexibility index (Phi) is 3.29. The van der Waals surface area contributed by atoms with Crippen molar-refractivity contribution >= 4 is 11.4 Å². The second-order valence-corrected chi connectivity index (χ2v) is 4.13. The normalized spacial score (nSPS) is 16.3. The molecule has 0 spiro atoms. The molecular weight excluding hydrogens is 207 g/mol. The van der Waals surface area contributed by atoms with Crippen molar-refractivity contribution in [3.63, 3.8) is 0 Å². The molecule has 16 heavy (non-hydrogen) atoms. The Labute approximate surface area is 95.4 Å². The molecule has 88 valence electrons. The fourth-order valence-electron chi connectivity index (χ4n) is 1.83. The molecule has 0 radical (unpaired) electrons. The summed E-state index contributed by atoms with van der Waals surface area (Å²) in [6, 6.07) is 5.36. The third kappa shape index (κ3) is 2.27. The molecule has 0 aliphatic carbocycles. The standard InChI is InChI=1S/C12H17FN2O/c1-14(2)10-3-4-12(11(13)9-10)15-5-7-16-8-6-15/h3-4,9H,5-8H2,1-2H3. The van der Waals surface area contributed by atoms with E-state index in [4.69, 9.17) is 4.74 Å². The molecule has 0 atom stereocenters.